The van der Waals surface area contributed by atoms with E-state index in [0.29, 0.717) is 39.6 Å². The minimum absolute atomic E-state index is 0.416. The number of hydrogen-bond acceptors (Lipinski definition) is 4. The summed E-state index contributed by atoms with van der Waals surface area (Å²) < 4.78 is 23.2. The standard InChI is InChI=1S/C25H32O4/c1-4-28-25(29-5-2)21(3)24(20-27-19-23-14-10-7-11-15-23)16-17-26-18-22-12-8-6-9-13-22/h6-16,25H,3-5,17-20H2,1-2H3/b24-16+. The van der Waals surface area contributed by atoms with E-state index in [1.54, 1.807) is 0 Å². The molecule has 0 atom stereocenters. The first-order valence-electron chi connectivity index (χ1n) is 10.1. The Bertz CT molecular complexity index is 719. The summed E-state index contributed by atoms with van der Waals surface area (Å²) in [6.45, 7) is 11.1. The van der Waals surface area contributed by atoms with Crippen LogP contribution < -0.4 is 0 Å². The summed E-state index contributed by atoms with van der Waals surface area (Å²) in [5, 5.41) is 0. The molecule has 29 heavy (non-hydrogen) atoms. The van der Waals surface area contributed by atoms with Gasteiger partial charge in [-0.05, 0) is 30.5 Å². The van der Waals surface area contributed by atoms with Gasteiger partial charge in [-0.1, -0.05) is 73.3 Å². The Morgan fingerprint density at radius 2 is 1.34 bits per heavy atom. The Kier molecular flexibility index (Phi) is 11.0. The molecule has 2 aromatic carbocycles. The first kappa shape index (κ1) is 23.0. The second-order valence-corrected chi connectivity index (χ2v) is 6.48. The molecule has 0 bridgehead atoms. The molecule has 4 nitrogen and oxygen atoms in total. The third-order valence-corrected chi connectivity index (χ3v) is 4.26. The summed E-state index contributed by atoms with van der Waals surface area (Å²) in [5.41, 5.74) is 3.97. The van der Waals surface area contributed by atoms with Crippen LogP contribution in [0.3, 0.4) is 0 Å². The summed E-state index contributed by atoms with van der Waals surface area (Å²) in [4.78, 5) is 0. The highest BCUT2D eigenvalue weighted by molar-refractivity contribution is 5.31. The van der Waals surface area contributed by atoms with Crippen molar-refractivity contribution in [3.8, 4) is 0 Å². The van der Waals surface area contributed by atoms with Gasteiger partial charge in [0.2, 0.25) is 0 Å². The Balaban J connectivity index is 1.97. The molecule has 0 saturated carbocycles. The summed E-state index contributed by atoms with van der Waals surface area (Å²) >= 11 is 0. The van der Waals surface area contributed by atoms with E-state index < -0.39 is 6.29 Å². The fraction of sp³-hybridized carbons (Fsp3) is 0.360. The highest BCUT2D eigenvalue weighted by Crippen LogP contribution is 2.18. The molecule has 0 heterocycles. The van der Waals surface area contributed by atoms with Gasteiger partial charge >= 0.3 is 0 Å². The molecule has 2 rings (SSSR count). The van der Waals surface area contributed by atoms with E-state index in [9.17, 15) is 0 Å². The predicted octanol–water partition coefficient (Wildman–Crippen LogP) is 5.30. The van der Waals surface area contributed by atoms with Gasteiger partial charge in [0, 0.05) is 18.8 Å². The maximum atomic E-state index is 5.93. The summed E-state index contributed by atoms with van der Waals surface area (Å²) in [7, 11) is 0. The SMILES string of the molecule is C=C(/C(=C/COCc1ccccc1)COCc1ccccc1)C(OCC)OCC. The molecule has 0 N–H and O–H groups in total. The van der Waals surface area contributed by atoms with E-state index in [2.05, 4.69) is 6.58 Å². The van der Waals surface area contributed by atoms with E-state index in [1.165, 1.54) is 0 Å². The van der Waals surface area contributed by atoms with E-state index in [1.807, 2.05) is 80.6 Å². The van der Waals surface area contributed by atoms with Gasteiger partial charge in [0.25, 0.3) is 0 Å². The van der Waals surface area contributed by atoms with Crippen LogP contribution in [0.1, 0.15) is 25.0 Å². The van der Waals surface area contributed by atoms with Crippen LogP contribution >= 0.6 is 0 Å². The molecule has 0 unspecified atom stereocenters. The van der Waals surface area contributed by atoms with Crippen molar-refractivity contribution < 1.29 is 18.9 Å². The van der Waals surface area contributed by atoms with Gasteiger partial charge in [-0.15, -0.1) is 0 Å². The smallest absolute Gasteiger partial charge is 0.183 e. The van der Waals surface area contributed by atoms with Crippen molar-refractivity contribution in [2.75, 3.05) is 26.4 Å². The highest BCUT2D eigenvalue weighted by atomic mass is 16.7. The zero-order chi connectivity index (χ0) is 20.7. The minimum atomic E-state index is -0.481. The van der Waals surface area contributed by atoms with Crippen LogP contribution in [0.15, 0.2) is 84.5 Å². The number of benzene rings is 2. The number of hydrogen-bond donors (Lipinski definition) is 0. The van der Waals surface area contributed by atoms with E-state index >= 15 is 0 Å². The van der Waals surface area contributed by atoms with Crippen molar-refractivity contribution in [3.63, 3.8) is 0 Å². The van der Waals surface area contributed by atoms with Gasteiger partial charge in [-0.3, -0.25) is 0 Å². The van der Waals surface area contributed by atoms with Crippen molar-refractivity contribution in [2.24, 2.45) is 0 Å². The van der Waals surface area contributed by atoms with Crippen LogP contribution in [-0.2, 0) is 32.2 Å². The van der Waals surface area contributed by atoms with Crippen LogP contribution in [0.25, 0.3) is 0 Å². The minimum Gasteiger partial charge on any atom is -0.373 e. The molecule has 0 aliphatic rings. The zero-order valence-corrected chi connectivity index (χ0v) is 17.5. The Morgan fingerprint density at radius 1 is 0.828 bits per heavy atom. The molecular weight excluding hydrogens is 364 g/mol. The molecular formula is C25H32O4. The third kappa shape index (κ3) is 8.75. The molecule has 2 aromatic rings. The summed E-state index contributed by atoms with van der Waals surface area (Å²) in [6, 6.07) is 20.2. The van der Waals surface area contributed by atoms with Gasteiger partial charge in [0.1, 0.15) is 0 Å². The third-order valence-electron chi connectivity index (χ3n) is 4.26. The number of rotatable bonds is 14. The normalized spacial score (nSPS) is 11.8. The van der Waals surface area contributed by atoms with Crippen molar-refractivity contribution in [1.29, 1.82) is 0 Å². The Labute approximate surface area is 174 Å². The number of ether oxygens (including phenoxy) is 4. The van der Waals surface area contributed by atoms with E-state index in [0.717, 1.165) is 22.3 Å². The molecule has 0 aliphatic heterocycles. The van der Waals surface area contributed by atoms with Crippen LogP contribution in [0.4, 0.5) is 0 Å². The first-order chi connectivity index (χ1) is 14.2. The van der Waals surface area contributed by atoms with Crippen molar-refractivity contribution in [1.82, 2.24) is 0 Å². The Morgan fingerprint density at radius 3 is 1.86 bits per heavy atom. The fourth-order valence-corrected chi connectivity index (χ4v) is 2.75. The van der Waals surface area contributed by atoms with Crippen molar-refractivity contribution in [2.45, 2.75) is 33.4 Å². The van der Waals surface area contributed by atoms with Crippen LogP contribution in [0.2, 0.25) is 0 Å². The maximum Gasteiger partial charge on any atom is 0.183 e. The lowest BCUT2D eigenvalue weighted by atomic mass is 10.1. The molecule has 0 saturated heterocycles. The summed E-state index contributed by atoms with van der Waals surface area (Å²) in [6.07, 6.45) is 1.52. The lowest BCUT2D eigenvalue weighted by molar-refractivity contribution is -0.110. The average Bonchev–Trinajstić information content (AvgIpc) is 2.76. The van der Waals surface area contributed by atoms with E-state index in [4.69, 9.17) is 18.9 Å². The van der Waals surface area contributed by atoms with E-state index in [-0.39, 0.29) is 0 Å². The second kappa shape index (κ2) is 13.9. The Hall–Kier alpha value is -2.24. The summed E-state index contributed by atoms with van der Waals surface area (Å²) in [5.74, 6) is 0. The average molecular weight is 397 g/mol. The van der Waals surface area contributed by atoms with Gasteiger partial charge in [-0.25, -0.2) is 0 Å². The van der Waals surface area contributed by atoms with Gasteiger partial charge in [-0.2, -0.15) is 0 Å². The quantitative estimate of drug-likeness (QED) is 0.247. The molecule has 0 spiro atoms. The molecule has 0 fully saturated rings. The predicted molar refractivity (Wildman–Crippen MR) is 116 cm³/mol. The van der Waals surface area contributed by atoms with Gasteiger partial charge < -0.3 is 18.9 Å². The molecule has 0 aromatic heterocycles. The fourth-order valence-electron chi connectivity index (χ4n) is 2.75. The molecule has 0 aliphatic carbocycles. The van der Waals surface area contributed by atoms with Crippen molar-refractivity contribution >= 4 is 0 Å². The van der Waals surface area contributed by atoms with Gasteiger partial charge in [0.05, 0.1) is 26.4 Å². The van der Waals surface area contributed by atoms with Crippen molar-refractivity contribution in [3.05, 3.63) is 95.6 Å². The molecule has 0 amide bonds. The molecule has 0 radical (unpaired) electrons. The van der Waals surface area contributed by atoms with Crippen LogP contribution in [0.5, 0.6) is 0 Å². The largest absolute Gasteiger partial charge is 0.373 e. The monoisotopic (exact) mass is 396 g/mol. The zero-order valence-electron chi connectivity index (χ0n) is 17.5. The second-order valence-electron chi connectivity index (χ2n) is 6.48. The lowest BCUT2D eigenvalue weighted by Gasteiger charge is -2.22. The maximum absolute atomic E-state index is 5.93. The topological polar surface area (TPSA) is 36.9 Å². The van der Waals surface area contributed by atoms with Crippen LogP contribution in [-0.4, -0.2) is 32.7 Å². The molecule has 4 heteroatoms. The molecule has 156 valence electrons. The first-order valence-corrected chi connectivity index (χ1v) is 10.1. The lowest BCUT2D eigenvalue weighted by Crippen LogP contribution is -2.22. The van der Waals surface area contributed by atoms with Crippen LogP contribution in [0, 0.1) is 0 Å². The van der Waals surface area contributed by atoms with Gasteiger partial charge in [0.15, 0.2) is 6.29 Å². The highest BCUT2D eigenvalue weighted by Gasteiger charge is 2.17.